The zero-order chi connectivity index (χ0) is 12.5. The van der Waals surface area contributed by atoms with Crippen LogP contribution in [0.25, 0.3) is 0 Å². The summed E-state index contributed by atoms with van der Waals surface area (Å²) in [7, 11) is 1.78. The summed E-state index contributed by atoms with van der Waals surface area (Å²) in [5.74, 6) is 0.656. The van der Waals surface area contributed by atoms with Crippen molar-refractivity contribution in [2.75, 3.05) is 20.3 Å². The second kappa shape index (κ2) is 8.67. The molecule has 1 heterocycles. The fraction of sp³-hybridized carbons (Fsp3) is 0.714. The van der Waals surface area contributed by atoms with Crippen LogP contribution in [0.2, 0.25) is 0 Å². The van der Waals surface area contributed by atoms with Crippen LogP contribution in [0.5, 0.6) is 0 Å². The van der Waals surface area contributed by atoms with Crippen molar-refractivity contribution < 1.29 is 4.74 Å². The average Bonchev–Trinajstić information content (AvgIpc) is 2.84. The van der Waals surface area contributed by atoms with E-state index in [9.17, 15) is 0 Å². The van der Waals surface area contributed by atoms with Gasteiger partial charge >= 0.3 is 0 Å². The molecule has 2 nitrogen and oxygen atoms in total. The van der Waals surface area contributed by atoms with Gasteiger partial charge in [-0.25, -0.2) is 0 Å². The Kier molecular flexibility index (Phi) is 7.49. The van der Waals surface area contributed by atoms with E-state index in [0.717, 1.165) is 26.0 Å². The summed E-state index contributed by atoms with van der Waals surface area (Å²) in [6, 6.07) is 4.94. The van der Waals surface area contributed by atoms with E-state index in [0.29, 0.717) is 12.0 Å². The Bertz CT molecular complexity index is 274. The second-order valence-electron chi connectivity index (χ2n) is 4.60. The highest BCUT2D eigenvalue weighted by Crippen LogP contribution is 2.17. The van der Waals surface area contributed by atoms with Gasteiger partial charge in [0.1, 0.15) is 0 Å². The number of thiophene rings is 1. The van der Waals surface area contributed by atoms with Gasteiger partial charge in [0.15, 0.2) is 0 Å². The van der Waals surface area contributed by atoms with Crippen LogP contribution in [0, 0.1) is 5.92 Å². The van der Waals surface area contributed by atoms with Gasteiger partial charge in [-0.15, -0.1) is 11.3 Å². The molecule has 2 unspecified atom stereocenters. The summed E-state index contributed by atoms with van der Waals surface area (Å²) in [5, 5.41) is 5.83. The number of methoxy groups -OCH3 is 1. The van der Waals surface area contributed by atoms with E-state index in [1.165, 1.54) is 11.3 Å². The van der Waals surface area contributed by atoms with Gasteiger partial charge in [0.25, 0.3) is 0 Å². The Morgan fingerprint density at radius 2 is 2.29 bits per heavy atom. The lowest BCUT2D eigenvalue weighted by Crippen LogP contribution is -2.37. The summed E-state index contributed by atoms with van der Waals surface area (Å²) >= 11 is 1.85. The van der Waals surface area contributed by atoms with Crippen LogP contribution >= 0.6 is 11.3 Å². The van der Waals surface area contributed by atoms with Crippen LogP contribution in [0.4, 0.5) is 0 Å². The van der Waals surface area contributed by atoms with Crippen molar-refractivity contribution in [2.45, 2.75) is 39.2 Å². The maximum Gasteiger partial charge on any atom is 0.0465 e. The first-order valence-electron chi connectivity index (χ1n) is 6.52. The number of ether oxygens (including phenoxy) is 1. The zero-order valence-corrected chi connectivity index (χ0v) is 12.1. The van der Waals surface area contributed by atoms with E-state index < -0.39 is 0 Å². The molecule has 0 spiro atoms. The largest absolute Gasteiger partial charge is 0.385 e. The summed E-state index contributed by atoms with van der Waals surface area (Å²) < 4.78 is 5.18. The quantitative estimate of drug-likeness (QED) is 0.731. The van der Waals surface area contributed by atoms with E-state index in [1.54, 1.807) is 7.11 Å². The predicted molar refractivity (Wildman–Crippen MR) is 75.8 cm³/mol. The lowest BCUT2D eigenvalue weighted by molar-refractivity contribution is 0.170. The van der Waals surface area contributed by atoms with E-state index in [2.05, 4.69) is 36.7 Å². The van der Waals surface area contributed by atoms with Gasteiger partial charge in [-0.3, -0.25) is 0 Å². The van der Waals surface area contributed by atoms with Crippen LogP contribution in [-0.2, 0) is 11.2 Å². The molecular weight excluding hydrogens is 230 g/mol. The summed E-state index contributed by atoms with van der Waals surface area (Å²) in [5.41, 5.74) is 0. The molecular formula is C14H25NOS. The van der Waals surface area contributed by atoms with Crippen LogP contribution in [-0.4, -0.2) is 26.3 Å². The molecule has 98 valence electrons. The van der Waals surface area contributed by atoms with Crippen LogP contribution in [0.1, 0.15) is 31.6 Å². The van der Waals surface area contributed by atoms with Gasteiger partial charge in [0.05, 0.1) is 0 Å². The summed E-state index contributed by atoms with van der Waals surface area (Å²) in [4.78, 5) is 1.47. The van der Waals surface area contributed by atoms with Crippen molar-refractivity contribution in [1.82, 2.24) is 5.32 Å². The molecule has 3 heteroatoms. The Morgan fingerprint density at radius 1 is 1.47 bits per heavy atom. The van der Waals surface area contributed by atoms with E-state index in [-0.39, 0.29) is 0 Å². The first-order valence-corrected chi connectivity index (χ1v) is 7.40. The van der Waals surface area contributed by atoms with Gasteiger partial charge < -0.3 is 10.1 Å². The normalized spacial score (nSPS) is 14.8. The van der Waals surface area contributed by atoms with Crippen molar-refractivity contribution in [3.05, 3.63) is 22.4 Å². The zero-order valence-electron chi connectivity index (χ0n) is 11.2. The minimum atomic E-state index is 0.573. The monoisotopic (exact) mass is 255 g/mol. The maximum absolute atomic E-state index is 5.18. The number of nitrogens with one attached hydrogen (secondary N) is 1. The Balaban J connectivity index is 2.46. The van der Waals surface area contributed by atoms with Gasteiger partial charge in [0.2, 0.25) is 0 Å². The molecule has 0 fully saturated rings. The van der Waals surface area contributed by atoms with Gasteiger partial charge in [-0.1, -0.05) is 19.9 Å². The molecule has 0 radical (unpaired) electrons. The third kappa shape index (κ3) is 5.66. The smallest absolute Gasteiger partial charge is 0.0465 e. The maximum atomic E-state index is 5.18. The van der Waals surface area contributed by atoms with Crippen molar-refractivity contribution in [3.63, 3.8) is 0 Å². The van der Waals surface area contributed by atoms with Gasteiger partial charge in [0, 0.05) is 24.6 Å². The predicted octanol–water partition coefficient (Wildman–Crippen LogP) is 3.33. The topological polar surface area (TPSA) is 21.3 Å². The standard InChI is InChI=1S/C14H25NOS/c1-4-8-15-14(12(2)7-9-16-3)11-13-6-5-10-17-13/h5-6,10,12,14-15H,4,7-9,11H2,1-3H3. The molecule has 0 aliphatic heterocycles. The SMILES string of the molecule is CCCNC(Cc1cccs1)C(C)CCOC. The van der Waals surface area contributed by atoms with Gasteiger partial charge in [-0.2, -0.15) is 0 Å². The van der Waals surface area contributed by atoms with Crippen molar-refractivity contribution in [2.24, 2.45) is 5.92 Å². The molecule has 1 N–H and O–H groups in total. The molecule has 2 atom stereocenters. The lowest BCUT2D eigenvalue weighted by Gasteiger charge is -2.24. The molecule has 17 heavy (non-hydrogen) atoms. The molecule has 0 aliphatic rings. The number of rotatable bonds is 9. The van der Waals surface area contributed by atoms with Gasteiger partial charge in [-0.05, 0) is 43.2 Å². The highest BCUT2D eigenvalue weighted by atomic mass is 32.1. The minimum Gasteiger partial charge on any atom is -0.385 e. The third-order valence-electron chi connectivity index (χ3n) is 3.12. The highest BCUT2D eigenvalue weighted by Gasteiger charge is 2.17. The Labute approximate surface area is 109 Å². The molecule has 0 amide bonds. The third-order valence-corrected chi connectivity index (χ3v) is 4.02. The fourth-order valence-corrected chi connectivity index (χ4v) is 2.72. The average molecular weight is 255 g/mol. The molecule has 0 bridgehead atoms. The first-order chi connectivity index (χ1) is 8.27. The molecule has 1 aromatic rings. The second-order valence-corrected chi connectivity index (χ2v) is 5.64. The summed E-state index contributed by atoms with van der Waals surface area (Å²) in [6.07, 6.45) is 3.46. The van der Waals surface area contributed by atoms with Crippen molar-refractivity contribution >= 4 is 11.3 Å². The highest BCUT2D eigenvalue weighted by molar-refractivity contribution is 7.09. The molecule has 0 aliphatic carbocycles. The van der Waals surface area contributed by atoms with E-state index >= 15 is 0 Å². The Hall–Kier alpha value is -0.380. The number of hydrogen-bond acceptors (Lipinski definition) is 3. The molecule has 0 saturated heterocycles. The minimum absolute atomic E-state index is 0.573. The summed E-state index contributed by atoms with van der Waals surface area (Å²) in [6.45, 7) is 6.50. The van der Waals surface area contributed by atoms with E-state index in [4.69, 9.17) is 4.74 Å². The van der Waals surface area contributed by atoms with E-state index in [1.807, 2.05) is 11.3 Å². The molecule has 0 saturated carbocycles. The van der Waals surface area contributed by atoms with Crippen LogP contribution in [0.15, 0.2) is 17.5 Å². The van der Waals surface area contributed by atoms with Crippen molar-refractivity contribution in [1.29, 1.82) is 0 Å². The number of hydrogen-bond donors (Lipinski definition) is 1. The van der Waals surface area contributed by atoms with Crippen LogP contribution < -0.4 is 5.32 Å². The van der Waals surface area contributed by atoms with Crippen molar-refractivity contribution in [3.8, 4) is 0 Å². The fourth-order valence-electron chi connectivity index (χ4n) is 1.95. The Morgan fingerprint density at radius 3 is 2.88 bits per heavy atom. The lowest BCUT2D eigenvalue weighted by atomic mass is 9.95. The molecule has 1 aromatic heterocycles. The van der Waals surface area contributed by atoms with Crippen LogP contribution in [0.3, 0.4) is 0 Å². The first kappa shape index (κ1) is 14.7. The molecule has 0 aromatic carbocycles. The molecule has 1 rings (SSSR count).